The molecule has 0 amide bonds. The molecular weight excluding hydrogens is 820 g/mol. The maximum absolute atomic E-state index is 6.96. The number of unbranched alkanes of at least 4 members (excludes halogenated alkanes) is 14. The van der Waals surface area contributed by atoms with Gasteiger partial charge in [-0.2, -0.15) is 0 Å². The summed E-state index contributed by atoms with van der Waals surface area (Å²) in [6.07, 6.45) is 20.2. The third-order valence-electron chi connectivity index (χ3n) is 11.3. The quantitative estimate of drug-likeness (QED) is 0.0635. The molecule has 7 aromatic rings. The Morgan fingerprint density at radius 2 is 0.750 bits per heavy atom. The van der Waals surface area contributed by atoms with Crippen molar-refractivity contribution in [2.75, 3.05) is 13.2 Å². The molecule has 0 aliphatic rings. The summed E-state index contributed by atoms with van der Waals surface area (Å²) in [6, 6.07) is 35.2. The molecule has 0 bridgehead atoms. The van der Waals surface area contributed by atoms with Crippen molar-refractivity contribution in [2.24, 2.45) is 0 Å². The van der Waals surface area contributed by atoms with Gasteiger partial charge in [-0.05, 0) is 49.2 Å². The summed E-state index contributed by atoms with van der Waals surface area (Å²) < 4.78 is 20.8. The highest BCUT2D eigenvalue weighted by molar-refractivity contribution is 9.10. The molecule has 0 aliphatic heterocycles. The molecule has 294 valence electrons. The predicted molar refractivity (Wildman–Crippen MR) is 247 cm³/mol. The van der Waals surface area contributed by atoms with E-state index in [1.165, 1.54) is 111 Å². The van der Waals surface area contributed by atoms with Crippen molar-refractivity contribution in [1.29, 1.82) is 0 Å². The van der Waals surface area contributed by atoms with E-state index in [-0.39, 0.29) is 0 Å². The Bertz CT molecular complexity index is 2190. The van der Waals surface area contributed by atoms with Crippen LogP contribution in [0.4, 0.5) is 0 Å². The zero-order valence-corrected chi connectivity index (χ0v) is 36.6. The molecule has 7 rings (SSSR count). The second-order valence-electron chi connectivity index (χ2n) is 15.5. The average Bonchev–Trinajstić information content (AvgIpc) is 3.71. The van der Waals surface area contributed by atoms with E-state index in [0.29, 0.717) is 13.2 Å². The van der Waals surface area contributed by atoms with Crippen LogP contribution in [0.25, 0.3) is 55.0 Å². The molecule has 4 nitrogen and oxygen atoms in total. The first-order valence-electron chi connectivity index (χ1n) is 21.4. The van der Waals surface area contributed by atoms with Crippen LogP contribution < -0.4 is 9.47 Å². The highest BCUT2D eigenvalue weighted by Gasteiger charge is 2.23. The second kappa shape index (κ2) is 20.1. The first-order valence-corrected chi connectivity index (χ1v) is 23.0. The number of benzene rings is 5. The van der Waals surface area contributed by atoms with Gasteiger partial charge in [-0.1, -0.05) is 184 Å². The first-order chi connectivity index (χ1) is 27.6. The monoisotopic (exact) mass is 876 g/mol. The fourth-order valence-electron chi connectivity index (χ4n) is 8.36. The molecule has 0 atom stereocenters. The average molecular weight is 879 g/mol. The third-order valence-corrected chi connectivity index (χ3v) is 12.3. The van der Waals surface area contributed by atoms with Gasteiger partial charge in [-0.25, -0.2) is 0 Å². The lowest BCUT2D eigenvalue weighted by molar-refractivity contribution is 0.295. The van der Waals surface area contributed by atoms with E-state index < -0.39 is 0 Å². The molecule has 2 aromatic heterocycles. The van der Waals surface area contributed by atoms with Gasteiger partial charge in [0.2, 0.25) is 0 Å². The van der Waals surface area contributed by atoms with Crippen molar-refractivity contribution in [3.05, 3.63) is 106 Å². The zero-order chi connectivity index (χ0) is 38.7. The lowest BCUT2D eigenvalue weighted by Gasteiger charge is -2.21. The maximum atomic E-state index is 6.96. The van der Waals surface area contributed by atoms with E-state index in [2.05, 4.69) is 152 Å². The fraction of sp³-hybridized carbons (Fsp3) is 0.400. The number of aromatic nitrogens is 2. The van der Waals surface area contributed by atoms with Gasteiger partial charge in [-0.3, -0.25) is 0 Å². The Morgan fingerprint density at radius 1 is 0.393 bits per heavy atom. The van der Waals surface area contributed by atoms with Crippen molar-refractivity contribution in [2.45, 2.75) is 117 Å². The van der Waals surface area contributed by atoms with Crippen LogP contribution in [-0.4, -0.2) is 22.3 Å². The molecule has 0 radical (unpaired) electrons. The molecule has 56 heavy (non-hydrogen) atoms. The van der Waals surface area contributed by atoms with Crippen molar-refractivity contribution < 1.29 is 9.47 Å². The van der Waals surface area contributed by atoms with Crippen LogP contribution in [0, 0.1) is 0 Å². The molecule has 0 N–H and O–H groups in total. The minimum Gasteiger partial charge on any atom is -0.491 e. The lowest BCUT2D eigenvalue weighted by Crippen LogP contribution is -2.08. The molecule has 2 heterocycles. The van der Waals surface area contributed by atoms with Crippen LogP contribution in [0.5, 0.6) is 11.5 Å². The molecule has 5 aromatic carbocycles. The number of ether oxygens (including phenoxy) is 2. The summed E-state index contributed by atoms with van der Waals surface area (Å²) >= 11 is 7.60. The van der Waals surface area contributed by atoms with E-state index in [1.807, 2.05) is 0 Å². The van der Waals surface area contributed by atoms with Crippen LogP contribution in [0.2, 0.25) is 0 Å². The smallest absolute Gasteiger partial charge is 0.145 e. The van der Waals surface area contributed by atoms with Gasteiger partial charge in [0.15, 0.2) is 0 Å². The predicted octanol–water partition coefficient (Wildman–Crippen LogP) is 16.4. The second-order valence-corrected chi connectivity index (χ2v) is 17.3. The number of halogens is 2. The molecule has 0 aliphatic carbocycles. The Labute approximate surface area is 350 Å². The standard InChI is InChI=1S/C50H58Br2N2O2/c1-3-5-7-9-11-13-15-21-31-55-49-35-48(54-44-26-20-18-24-40(44)42-30-28-38(52)34-46(42)54)50(56-32-22-16-14-12-10-8-6-4-2)36-47(49)53-43-25-19-17-23-39(43)41-29-27-37(51)33-45(41)53/h17-20,23-30,33-36H,3-16,21-22,31-32H2,1-2H3. The fourth-order valence-corrected chi connectivity index (χ4v) is 9.06. The number of nitrogens with zero attached hydrogens (tertiary/aromatic N) is 2. The van der Waals surface area contributed by atoms with Gasteiger partial charge in [0.05, 0.1) is 46.7 Å². The van der Waals surface area contributed by atoms with Gasteiger partial charge in [0.1, 0.15) is 11.5 Å². The van der Waals surface area contributed by atoms with Gasteiger partial charge < -0.3 is 18.6 Å². The Hall–Kier alpha value is -3.74. The van der Waals surface area contributed by atoms with E-state index in [0.717, 1.165) is 66.7 Å². The van der Waals surface area contributed by atoms with Crippen LogP contribution in [0.3, 0.4) is 0 Å². The molecule has 0 saturated heterocycles. The van der Waals surface area contributed by atoms with Crippen LogP contribution >= 0.6 is 31.9 Å². The first kappa shape index (κ1) is 40.5. The summed E-state index contributed by atoms with van der Waals surface area (Å²) in [5.41, 5.74) is 6.59. The van der Waals surface area contributed by atoms with Gasteiger partial charge in [-0.15, -0.1) is 0 Å². The molecule has 0 saturated carbocycles. The summed E-state index contributed by atoms with van der Waals surface area (Å²) in [5.74, 6) is 1.73. The van der Waals surface area contributed by atoms with Crippen LogP contribution in [0.15, 0.2) is 106 Å². The van der Waals surface area contributed by atoms with Crippen LogP contribution in [-0.2, 0) is 0 Å². The zero-order valence-electron chi connectivity index (χ0n) is 33.4. The number of hydrogen-bond donors (Lipinski definition) is 0. The molecule has 6 heteroatoms. The summed E-state index contributed by atoms with van der Waals surface area (Å²) in [6.45, 7) is 5.90. The third kappa shape index (κ3) is 9.34. The van der Waals surface area contributed by atoms with E-state index in [4.69, 9.17) is 9.47 Å². The minimum atomic E-state index is 0.666. The highest BCUT2D eigenvalue weighted by atomic mass is 79.9. The molecule has 0 spiro atoms. The Balaban J connectivity index is 1.32. The molecule has 0 unspecified atom stereocenters. The van der Waals surface area contributed by atoms with Gasteiger partial charge in [0, 0.05) is 42.6 Å². The Morgan fingerprint density at radius 3 is 1.16 bits per heavy atom. The molecule has 0 fully saturated rings. The van der Waals surface area contributed by atoms with E-state index >= 15 is 0 Å². The highest BCUT2D eigenvalue weighted by Crippen LogP contribution is 2.43. The largest absolute Gasteiger partial charge is 0.491 e. The topological polar surface area (TPSA) is 28.3 Å². The number of fused-ring (bicyclic) bond motifs is 6. The van der Waals surface area contributed by atoms with Crippen molar-refractivity contribution in [3.8, 4) is 22.9 Å². The normalized spacial score (nSPS) is 11.8. The number of hydrogen-bond acceptors (Lipinski definition) is 2. The summed E-state index contributed by atoms with van der Waals surface area (Å²) in [7, 11) is 0. The number of rotatable bonds is 22. The maximum Gasteiger partial charge on any atom is 0.145 e. The summed E-state index contributed by atoms with van der Waals surface area (Å²) in [4.78, 5) is 0. The lowest BCUT2D eigenvalue weighted by atomic mass is 10.1. The van der Waals surface area contributed by atoms with E-state index in [1.54, 1.807) is 0 Å². The SMILES string of the molecule is CCCCCCCCCCOc1cc(-n2c3ccccc3c3ccc(Br)cc32)c(OCCCCCCCCCC)cc1-n1c2ccccc2c2ccc(Br)cc21. The van der Waals surface area contributed by atoms with Crippen molar-refractivity contribution >= 4 is 75.5 Å². The van der Waals surface area contributed by atoms with Gasteiger partial charge >= 0.3 is 0 Å². The van der Waals surface area contributed by atoms with Crippen LogP contribution in [0.1, 0.15) is 117 Å². The Kier molecular flexibility index (Phi) is 14.5. The number of para-hydroxylation sites is 2. The minimum absolute atomic E-state index is 0.666. The van der Waals surface area contributed by atoms with Crippen molar-refractivity contribution in [3.63, 3.8) is 0 Å². The summed E-state index contributed by atoms with van der Waals surface area (Å²) in [5, 5.41) is 4.88. The van der Waals surface area contributed by atoms with Gasteiger partial charge in [0.25, 0.3) is 0 Å². The molecular formula is C50H58Br2N2O2. The van der Waals surface area contributed by atoms with Crippen molar-refractivity contribution in [1.82, 2.24) is 9.13 Å². The van der Waals surface area contributed by atoms with E-state index in [9.17, 15) is 0 Å².